The summed E-state index contributed by atoms with van der Waals surface area (Å²) in [6, 6.07) is 0. The van der Waals surface area contributed by atoms with Gasteiger partial charge in [-0.25, -0.2) is 4.99 Å². The topological polar surface area (TPSA) is 12.4 Å². The van der Waals surface area contributed by atoms with Crippen LogP contribution in [0, 0.1) is 0 Å². The van der Waals surface area contributed by atoms with Crippen LogP contribution in [0.4, 0.5) is 0 Å². The number of hydrogen-bond donors (Lipinski definition) is 0. The molecule has 42 valence electrons. The molecule has 0 aromatic rings. The third-order valence-electron chi connectivity index (χ3n) is 1.08. The van der Waals surface area contributed by atoms with Gasteiger partial charge in [-0.1, -0.05) is 0 Å². The van der Waals surface area contributed by atoms with Gasteiger partial charge in [-0.05, 0) is 37.3 Å². The maximum atomic E-state index is 3.89. The molecule has 0 saturated carbocycles. The van der Waals surface area contributed by atoms with Crippen molar-refractivity contribution in [3.05, 3.63) is 17.3 Å². The average Bonchev–Trinajstić information content (AvgIpc) is 1.64. The molecular weight excluding hydrogens is 98.1 g/mol. The maximum Gasteiger partial charge on any atom is 0.0360 e. The highest BCUT2D eigenvalue weighted by Crippen LogP contribution is 2.09. The Morgan fingerprint density at radius 3 is 2.75 bits per heavy atom. The van der Waals surface area contributed by atoms with E-state index >= 15 is 0 Å². The second-order valence-corrected chi connectivity index (χ2v) is 2.17. The van der Waals surface area contributed by atoms with Crippen molar-refractivity contribution in [2.45, 2.75) is 20.3 Å². The van der Waals surface area contributed by atoms with Crippen LogP contribution in [0.5, 0.6) is 0 Å². The first-order valence-corrected chi connectivity index (χ1v) is 2.73. The van der Waals surface area contributed by atoms with Crippen LogP contribution in [-0.2, 0) is 0 Å². The lowest BCUT2D eigenvalue weighted by atomic mass is 10.1. The standard InChI is InChI=1S/C7H9N/c1-6-3-7(2)5-8-4-6/h4H,3H2,1-2H3. The predicted octanol–water partition coefficient (Wildman–Crippen LogP) is 1.91. The van der Waals surface area contributed by atoms with Gasteiger partial charge in [0.25, 0.3) is 0 Å². The van der Waals surface area contributed by atoms with Gasteiger partial charge in [0.05, 0.1) is 0 Å². The summed E-state index contributed by atoms with van der Waals surface area (Å²) in [6.07, 6.45) is 2.90. The molecule has 1 heterocycles. The molecule has 0 unspecified atom stereocenters. The van der Waals surface area contributed by atoms with Gasteiger partial charge in [0.15, 0.2) is 0 Å². The molecule has 0 N–H and O–H groups in total. The van der Waals surface area contributed by atoms with Crippen molar-refractivity contribution < 1.29 is 0 Å². The molecule has 0 aromatic heterocycles. The first kappa shape index (κ1) is 5.33. The normalized spacial score (nSPS) is 17.8. The largest absolute Gasteiger partial charge is 0.214 e. The highest BCUT2D eigenvalue weighted by molar-refractivity contribution is 5.60. The van der Waals surface area contributed by atoms with Gasteiger partial charge in [-0.15, -0.1) is 0 Å². The molecule has 0 aromatic carbocycles. The molecule has 0 radical (unpaired) electrons. The lowest BCUT2D eigenvalue weighted by Gasteiger charge is -1.98. The lowest BCUT2D eigenvalue weighted by Crippen LogP contribution is -1.84. The van der Waals surface area contributed by atoms with Crippen LogP contribution in [0.2, 0.25) is 0 Å². The van der Waals surface area contributed by atoms with Gasteiger partial charge in [0.2, 0.25) is 0 Å². The second-order valence-electron chi connectivity index (χ2n) is 2.17. The van der Waals surface area contributed by atoms with Crippen molar-refractivity contribution in [3.8, 4) is 0 Å². The van der Waals surface area contributed by atoms with E-state index in [1.54, 1.807) is 0 Å². The molecule has 0 atom stereocenters. The summed E-state index contributed by atoms with van der Waals surface area (Å²) in [5, 5.41) is 0. The van der Waals surface area contributed by atoms with Crippen LogP contribution >= 0.6 is 0 Å². The molecule has 0 amide bonds. The molecule has 1 aliphatic heterocycles. The first-order chi connectivity index (χ1) is 3.79. The quantitative estimate of drug-likeness (QED) is 0.448. The van der Waals surface area contributed by atoms with E-state index in [9.17, 15) is 0 Å². The molecule has 1 aliphatic rings. The van der Waals surface area contributed by atoms with Crippen LogP contribution < -0.4 is 0 Å². The summed E-state index contributed by atoms with van der Waals surface area (Å²) in [5.74, 6) is 2.88. The predicted molar refractivity (Wildman–Crippen MR) is 35.0 cm³/mol. The summed E-state index contributed by atoms with van der Waals surface area (Å²) in [5.41, 5.74) is 2.55. The van der Waals surface area contributed by atoms with E-state index in [0.717, 1.165) is 6.42 Å². The Kier molecular flexibility index (Phi) is 1.32. The lowest BCUT2D eigenvalue weighted by molar-refractivity contribution is 1.10. The van der Waals surface area contributed by atoms with E-state index in [4.69, 9.17) is 0 Å². The Morgan fingerprint density at radius 2 is 2.38 bits per heavy atom. The fourth-order valence-electron chi connectivity index (χ4n) is 0.756. The fourth-order valence-corrected chi connectivity index (χ4v) is 0.756. The number of hydrogen-bond acceptors (Lipinski definition) is 1. The van der Waals surface area contributed by atoms with E-state index in [1.165, 1.54) is 11.1 Å². The molecule has 0 spiro atoms. The smallest absolute Gasteiger partial charge is 0.0360 e. The SMILES string of the molecule is CC1=C=NC=C(C)C1. The third-order valence-corrected chi connectivity index (χ3v) is 1.08. The second kappa shape index (κ2) is 1.97. The van der Waals surface area contributed by atoms with E-state index in [-0.39, 0.29) is 0 Å². The Balaban J connectivity index is 2.83. The van der Waals surface area contributed by atoms with Crippen molar-refractivity contribution in [3.63, 3.8) is 0 Å². The monoisotopic (exact) mass is 107 g/mol. The van der Waals surface area contributed by atoms with E-state index in [2.05, 4.69) is 17.8 Å². The van der Waals surface area contributed by atoms with Crippen molar-refractivity contribution in [1.82, 2.24) is 0 Å². The van der Waals surface area contributed by atoms with Crippen molar-refractivity contribution >= 4 is 5.87 Å². The molecular formula is C7H9N. The summed E-state index contributed by atoms with van der Waals surface area (Å²) >= 11 is 0. The van der Waals surface area contributed by atoms with Crippen LogP contribution in [0.3, 0.4) is 0 Å². The number of nitrogens with zero attached hydrogens (tertiary/aromatic N) is 1. The molecule has 0 saturated heterocycles. The third kappa shape index (κ3) is 1.08. The Hall–Kier alpha value is -0.810. The zero-order chi connectivity index (χ0) is 5.98. The Labute approximate surface area is 49.4 Å². The zero-order valence-electron chi connectivity index (χ0n) is 5.23. The van der Waals surface area contributed by atoms with Crippen LogP contribution in [-0.4, -0.2) is 5.87 Å². The van der Waals surface area contributed by atoms with Crippen LogP contribution in [0.1, 0.15) is 20.3 Å². The van der Waals surface area contributed by atoms with Crippen LogP contribution in [0.25, 0.3) is 0 Å². The highest BCUT2D eigenvalue weighted by atomic mass is 14.7. The van der Waals surface area contributed by atoms with Gasteiger partial charge < -0.3 is 0 Å². The van der Waals surface area contributed by atoms with Crippen LogP contribution in [0.15, 0.2) is 22.3 Å². The Morgan fingerprint density at radius 1 is 1.62 bits per heavy atom. The number of allylic oxidation sites excluding steroid dienone is 2. The zero-order valence-corrected chi connectivity index (χ0v) is 5.23. The van der Waals surface area contributed by atoms with Crippen molar-refractivity contribution in [1.29, 1.82) is 0 Å². The summed E-state index contributed by atoms with van der Waals surface area (Å²) < 4.78 is 0. The van der Waals surface area contributed by atoms with E-state index in [1.807, 2.05) is 13.1 Å². The summed E-state index contributed by atoms with van der Waals surface area (Å²) in [4.78, 5) is 3.89. The van der Waals surface area contributed by atoms with E-state index in [0.29, 0.717) is 0 Å². The summed E-state index contributed by atoms with van der Waals surface area (Å²) in [6.45, 7) is 4.12. The fraction of sp³-hybridized carbons (Fsp3) is 0.429. The molecule has 1 heteroatoms. The van der Waals surface area contributed by atoms with Gasteiger partial charge >= 0.3 is 0 Å². The molecule has 0 fully saturated rings. The average molecular weight is 107 g/mol. The molecule has 0 aliphatic carbocycles. The van der Waals surface area contributed by atoms with Gasteiger partial charge in [-0.2, -0.15) is 0 Å². The number of aliphatic imine (C=N–C) groups is 1. The first-order valence-electron chi connectivity index (χ1n) is 2.73. The summed E-state index contributed by atoms with van der Waals surface area (Å²) in [7, 11) is 0. The minimum absolute atomic E-state index is 1.05. The highest BCUT2D eigenvalue weighted by Gasteiger charge is 1.93. The maximum absolute atomic E-state index is 3.89. The molecule has 1 rings (SSSR count). The molecule has 8 heavy (non-hydrogen) atoms. The van der Waals surface area contributed by atoms with Crippen molar-refractivity contribution in [2.75, 3.05) is 0 Å². The van der Waals surface area contributed by atoms with Gasteiger partial charge in [-0.3, -0.25) is 0 Å². The van der Waals surface area contributed by atoms with Gasteiger partial charge in [0.1, 0.15) is 0 Å². The minimum Gasteiger partial charge on any atom is -0.214 e. The van der Waals surface area contributed by atoms with Gasteiger partial charge in [0, 0.05) is 6.20 Å². The molecule has 1 nitrogen and oxygen atoms in total. The van der Waals surface area contributed by atoms with E-state index < -0.39 is 0 Å². The number of rotatable bonds is 0. The Bertz CT molecular complexity index is 181. The van der Waals surface area contributed by atoms with Crippen molar-refractivity contribution in [2.24, 2.45) is 4.99 Å². The molecule has 0 bridgehead atoms. The minimum atomic E-state index is 1.05.